The fourth-order valence-electron chi connectivity index (χ4n) is 3.18. The van der Waals surface area contributed by atoms with Crippen LogP contribution in [0.1, 0.15) is 35.8 Å². The Morgan fingerprint density at radius 2 is 2.29 bits per heavy atom. The van der Waals surface area contributed by atoms with Crippen molar-refractivity contribution in [3.05, 3.63) is 41.1 Å². The molecule has 3 heterocycles. The van der Waals surface area contributed by atoms with Gasteiger partial charge in [-0.05, 0) is 31.4 Å². The van der Waals surface area contributed by atoms with E-state index < -0.39 is 0 Å². The van der Waals surface area contributed by atoms with E-state index in [4.69, 9.17) is 9.84 Å². The minimum absolute atomic E-state index is 0.106. The zero-order valence-corrected chi connectivity index (χ0v) is 11.7. The number of para-hydroxylation sites is 1. The third-order valence-corrected chi connectivity index (χ3v) is 4.17. The highest BCUT2D eigenvalue weighted by molar-refractivity contribution is 5.60. The second-order valence-corrected chi connectivity index (χ2v) is 5.43. The number of aromatic nitrogens is 2. The molecule has 2 aliphatic rings. The average Bonchev–Trinajstić information content (AvgIpc) is 3.24. The molecule has 0 aliphatic carbocycles. The van der Waals surface area contributed by atoms with Crippen molar-refractivity contribution < 1.29 is 4.74 Å². The molecule has 2 aliphatic heterocycles. The Hall–Kier alpha value is -2.32. The zero-order chi connectivity index (χ0) is 14.2. The van der Waals surface area contributed by atoms with Crippen LogP contribution >= 0.6 is 0 Å². The van der Waals surface area contributed by atoms with Gasteiger partial charge in [0.25, 0.3) is 0 Å². The second kappa shape index (κ2) is 4.90. The Morgan fingerprint density at radius 3 is 3.10 bits per heavy atom. The molecule has 5 nitrogen and oxygen atoms in total. The fourth-order valence-corrected chi connectivity index (χ4v) is 3.18. The number of fused-ring (bicyclic) bond motifs is 1. The van der Waals surface area contributed by atoms with Gasteiger partial charge in [-0.15, -0.1) is 0 Å². The van der Waals surface area contributed by atoms with Crippen molar-refractivity contribution in [3.8, 4) is 11.8 Å². The number of hydrogen-bond donors (Lipinski definition) is 1. The van der Waals surface area contributed by atoms with Crippen LogP contribution in [0, 0.1) is 11.3 Å². The summed E-state index contributed by atoms with van der Waals surface area (Å²) in [7, 11) is 0. The van der Waals surface area contributed by atoms with Gasteiger partial charge in [0.05, 0.1) is 16.9 Å². The molecule has 21 heavy (non-hydrogen) atoms. The first-order chi connectivity index (χ1) is 10.4. The fraction of sp³-hybridized carbons (Fsp3) is 0.375. The van der Waals surface area contributed by atoms with Crippen LogP contribution in [0.5, 0.6) is 0 Å². The van der Waals surface area contributed by atoms with Gasteiger partial charge in [-0.1, -0.05) is 12.1 Å². The number of nitrogens with zero attached hydrogens (tertiary/aromatic N) is 3. The maximum absolute atomic E-state index is 9.31. The lowest BCUT2D eigenvalue weighted by Crippen LogP contribution is -2.07. The monoisotopic (exact) mass is 280 g/mol. The molecule has 2 aromatic rings. The van der Waals surface area contributed by atoms with E-state index in [2.05, 4.69) is 11.4 Å². The summed E-state index contributed by atoms with van der Waals surface area (Å²) < 4.78 is 7.67. The summed E-state index contributed by atoms with van der Waals surface area (Å²) in [6, 6.07) is 9.81. The summed E-state index contributed by atoms with van der Waals surface area (Å²) in [5.41, 5.74) is 3.75. The molecule has 1 aromatic carbocycles. The average molecular weight is 280 g/mol. The van der Waals surface area contributed by atoms with E-state index >= 15 is 0 Å². The summed E-state index contributed by atoms with van der Waals surface area (Å²) in [5.74, 6) is 1.02. The van der Waals surface area contributed by atoms with Gasteiger partial charge in [0.15, 0.2) is 0 Å². The Morgan fingerprint density at radius 1 is 1.38 bits per heavy atom. The van der Waals surface area contributed by atoms with Crippen molar-refractivity contribution in [1.29, 1.82) is 5.26 Å². The van der Waals surface area contributed by atoms with E-state index in [1.807, 2.05) is 28.9 Å². The highest BCUT2D eigenvalue weighted by Gasteiger charge is 2.30. The molecular formula is C16H16N4O. The maximum atomic E-state index is 9.31. The van der Waals surface area contributed by atoms with Crippen LogP contribution in [0.25, 0.3) is 5.69 Å². The molecule has 1 fully saturated rings. The minimum Gasteiger partial charge on any atom is -0.372 e. The molecule has 0 spiro atoms. The van der Waals surface area contributed by atoms with Crippen molar-refractivity contribution >= 4 is 5.82 Å². The number of anilines is 1. The third-order valence-electron chi connectivity index (χ3n) is 4.17. The van der Waals surface area contributed by atoms with Gasteiger partial charge in [0, 0.05) is 18.7 Å². The van der Waals surface area contributed by atoms with Gasteiger partial charge in [-0.3, -0.25) is 0 Å². The normalized spacial score (nSPS) is 20.0. The number of ether oxygens (including phenoxy) is 1. The van der Waals surface area contributed by atoms with Crippen molar-refractivity contribution in [2.45, 2.75) is 25.4 Å². The number of benzene rings is 1. The van der Waals surface area contributed by atoms with Gasteiger partial charge in [-0.25, -0.2) is 4.68 Å². The van der Waals surface area contributed by atoms with E-state index in [1.165, 1.54) is 5.56 Å². The van der Waals surface area contributed by atoms with Gasteiger partial charge in [0.1, 0.15) is 18.0 Å². The van der Waals surface area contributed by atoms with Crippen LogP contribution < -0.4 is 5.32 Å². The molecular weight excluding hydrogens is 264 g/mol. The van der Waals surface area contributed by atoms with Crippen LogP contribution in [0.4, 0.5) is 5.82 Å². The molecule has 4 rings (SSSR count). The lowest BCUT2D eigenvalue weighted by Gasteiger charge is -2.09. The Kier molecular flexibility index (Phi) is 2.90. The molecule has 0 amide bonds. The SMILES string of the molecule is N#Cc1ccccc1-n1nc(C2CCCO2)c2c1NCC2. The number of nitriles is 1. The number of hydrogen-bond acceptors (Lipinski definition) is 4. The van der Waals surface area contributed by atoms with E-state index in [1.54, 1.807) is 0 Å². The van der Waals surface area contributed by atoms with Crippen molar-refractivity contribution in [2.75, 3.05) is 18.5 Å². The predicted molar refractivity (Wildman–Crippen MR) is 78.4 cm³/mol. The van der Waals surface area contributed by atoms with E-state index in [0.717, 1.165) is 49.6 Å². The van der Waals surface area contributed by atoms with Crippen molar-refractivity contribution in [1.82, 2.24) is 9.78 Å². The largest absolute Gasteiger partial charge is 0.372 e. The number of rotatable bonds is 2. The minimum atomic E-state index is 0.106. The molecule has 5 heteroatoms. The van der Waals surface area contributed by atoms with Crippen LogP contribution in [-0.4, -0.2) is 22.9 Å². The van der Waals surface area contributed by atoms with Crippen molar-refractivity contribution in [3.63, 3.8) is 0 Å². The third kappa shape index (κ3) is 1.91. The maximum Gasteiger partial charge on any atom is 0.133 e. The molecule has 1 saturated heterocycles. The summed E-state index contributed by atoms with van der Waals surface area (Å²) in [6.07, 6.45) is 3.20. The predicted octanol–water partition coefficient (Wildman–Crippen LogP) is 2.56. The molecule has 0 bridgehead atoms. The van der Waals surface area contributed by atoms with Crippen LogP contribution in [0.15, 0.2) is 24.3 Å². The summed E-state index contributed by atoms with van der Waals surface area (Å²) in [6.45, 7) is 1.73. The first kappa shape index (κ1) is 12.4. The molecule has 0 radical (unpaired) electrons. The van der Waals surface area contributed by atoms with Gasteiger partial charge >= 0.3 is 0 Å². The van der Waals surface area contributed by atoms with Gasteiger partial charge < -0.3 is 10.1 Å². The zero-order valence-electron chi connectivity index (χ0n) is 11.7. The second-order valence-electron chi connectivity index (χ2n) is 5.43. The molecule has 0 saturated carbocycles. The lowest BCUT2D eigenvalue weighted by atomic mass is 10.1. The van der Waals surface area contributed by atoms with E-state index in [9.17, 15) is 5.26 Å². The molecule has 1 N–H and O–H groups in total. The van der Waals surface area contributed by atoms with E-state index in [0.29, 0.717) is 5.56 Å². The highest BCUT2D eigenvalue weighted by atomic mass is 16.5. The smallest absolute Gasteiger partial charge is 0.133 e. The standard InChI is InChI=1S/C16H16N4O/c17-10-11-4-1-2-5-13(11)20-16-12(7-8-18-16)15(19-20)14-6-3-9-21-14/h1-2,4-5,14,18H,3,6-9H2. The summed E-state index contributed by atoms with van der Waals surface area (Å²) >= 11 is 0. The topological polar surface area (TPSA) is 62.9 Å². The van der Waals surface area contributed by atoms with Crippen molar-refractivity contribution in [2.24, 2.45) is 0 Å². The Bertz CT molecular complexity index is 722. The molecule has 1 atom stereocenters. The first-order valence-electron chi connectivity index (χ1n) is 7.35. The lowest BCUT2D eigenvalue weighted by molar-refractivity contribution is 0.107. The van der Waals surface area contributed by atoms with E-state index in [-0.39, 0.29) is 6.10 Å². The summed E-state index contributed by atoms with van der Waals surface area (Å²) in [5, 5.41) is 17.5. The molecule has 1 aromatic heterocycles. The molecule has 106 valence electrons. The summed E-state index contributed by atoms with van der Waals surface area (Å²) in [4.78, 5) is 0. The van der Waals surface area contributed by atoms with Crippen LogP contribution in [0.2, 0.25) is 0 Å². The Labute approximate surface area is 123 Å². The quantitative estimate of drug-likeness (QED) is 0.918. The number of nitrogens with one attached hydrogen (secondary N) is 1. The molecule has 1 unspecified atom stereocenters. The Balaban J connectivity index is 1.86. The van der Waals surface area contributed by atoms with Gasteiger partial charge in [-0.2, -0.15) is 10.4 Å². The first-order valence-corrected chi connectivity index (χ1v) is 7.35. The van der Waals surface area contributed by atoms with Crippen LogP contribution in [0.3, 0.4) is 0 Å². The highest BCUT2D eigenvalue weighted by Crippen LogP contribution is 2.37. The van der Waals surface area contributed by atoms with Gasteiger partial charge in [0.2, 0.25) is 0 Å². The van der Waals surface area contributed by atoms with Crippen LogP contribution in [-0.2, 0) is 11.2 Å².